The van der Waals surface area contributed by atoms with Gasteiger partial charge in [0.1, 0.15) is 23.0 Å². The molecular formula is C13H8BrClFN3. The molecule has 2 N–H and O–H groups in total. The number of nitrogens with zero attached hydrogens (tertiary/aromatic N) is 2. The van der Waals surface area contributed by atoms with Crippen LogP contribution in [0, 0.1) is 5.82 Å². The predicted molar refractivity (Wildman–Crippen MR) is 77.7 cm³/mol. The van der Waals surface area contributed by atoms with Gasteiger partial charge in [0.15, 0.2) is 0 Å². The van der Waals surface area contributed by atoms with E-state index < -0.39 is 0 Å². The molecule has 6 heteroatoms. The maximum atomic E-state index is 14.0. The van der Waals surface area contributed by atoms with Gasteiger partial charge < -0.3 is 5.73 Å². The van der Waals surface area contributed by atoms with Crippen LogP contribution in [0.2, 0.25) is 5.02 Å². The Hall–Kier alpha value is -1.59. The summed E-state index contributed by atoms with van der Waals surface area (Å²) >= 11 is 9.13. The van der Waals surface area contributed by atoms with Crippen LogP contribution >= 0.6 is 27.5 Å². The predicted octanol–water partition coefficient (Wildman–Crippen LogP) is 4.14. The quantitative estimate of drug-likeness (QED) is 0.723. The second kappa shape index (κ2) is 4.51. The molecular weight excluding hydrogens is 333 g/mol. The molecule has 19 heavy (non-hydrogen) atoms. The van der Waals surface area contributed by atoms with E-state index >= 15 is 0 Å². The van der Waals surface area contributed by atoms with Crippen molar-refractivity contribution in [1.29, 1.82) is 0 Å². The summed E-state index contributed by atoms with van der Waals surface area (Å²) in [6, 6.07) is 8.21. The highest BCUT2D eigenvalue weighted by Gasteiger charge is 2.15. The molecule has 3 aromatic rings. The summed E-state index contributed by atoms with van der Waals surface area (Å²) in [6.07, 6.45) is 1.65. The average molecular weight is 341 g/mol. The van der Waals surface area contributed by atoms with Gasteiger partial charge in [0, 0.05) is 16.2 Å². The van der Waals surface area contributed by atoms with Crippen LogP contribution in [-0.2, 0) is 0 Å². The second-order valence-electron chi connectivity index (χ2n) is 4.05. The lowest BCUT2D eigenvalue weighted by Crippen LogP contribution is -1.95. The number of nitrogens with two attached hydrogens (primary N) is 1. The Morgan fingerprint density at radius 2 is 2.05 bits per heavy atom. The lowest BCUT2D eigenvalue weighted by Gasteiger charge is -2.02. The third-order valence-electron chi connectivity index (χ3n) is 2.81. The van der Waals surface area contributed by atoms with Crippen LogP contribution in [0.25, 0.3) is 16.9 Å². The molecule has 0 aliphatic rings. The van der Waals surface area contributed by atoms with Gasteiger partial charge in [-0.25, -0.2) is 9.37 Å². The van der Waals surface area contributed by atoms with Crippen LogP contribution in [0.3, 0.4) is 0 Å². The van der Waals surface area contributed by atoms with E-state index in [0.717, 1.165) is 0 Å². The van der Waals surface area contributed by atoms with Crippen molar-refractivity contribution in [2.45, 2.75) is 0 Å². The van der Waals surface area contributed by atoms with Crippen LogP contribution in [-0.4, -0.2) is 9.38 Å². The number of benzene rings is 1. The van der Waals surface area contributed by atoms with E-state index in [1.165, 1.54) is 6.07 Å². The van der Waals surface area contributed by atoms with Crippen molar-refractivity contribution in [3.05, 3.63) is 51.8 Å². The zero-order valence-electron chi connectivity index (χ0n) is 9.57. The van der Waals surface area contributed by atoms with E-state index in [-0.39, 0.29) is 5.82 Å². The Balaban J connectivity index is 2.28. The number of hydrogen-bond donors (Lipinski definition) is 1. The molecule has 0 amide bonds. The highest BCUT2D eigenvalue weighted by Crippen LogP contribution is 2.30. The Morgan fingerprint density at radius 3 is 2.79 bits per heavy atom. The normalized spacial score (nSPS) is 11.1. The Kier molecular flexibility index (Phi) is 2.95. The van der Waals surface area contributed by atoms with Crippen molar-refractivity contribution in [2.24, 2.45) is 0 Å². The van der Waals surface area contributed by atoms with E-state index in [9.17, 15) is 4.39 Å². The number of imidazole rings is 1. The lowest BCUT2D eigenvalue weighted by molar-refractivity contribution is 0.630. The Labute approximate surface area is 122 Å². The summed E-state index contributed by atoms with van der Waals surface area (Å²) in [6.45, 7) is 0. The van der Waals surface area contributed by atoms with Gasteiger partial charge in [-0.2, -0.15) is 0 Å². The molecule has 2 aromatic heterocycles. The molecule has 0 saturated carbocycles. The second-order valence-corrected chi connectivity index (χ2v) is 5.40. The SMILES string of the molecule is Nc1c(-c2ccc(Br)cc2F)nc2ccc(Cl)cn12. The molecule has 3 rings (SSSR count). The van der Waals surface area contributed by atoms with Crippen molar-refractivity contribution in [2.75, 3.05) is 5.73 Å². The minimum atomic E-state index is -0.379. The molecule has 0 radical (unpaired) electrons. The lowest BCUT2D eigenvalue weighted by atomic mass is 10.1. The summed E-state index contributed by atoms with van der Waals surface area (Å²) in [7, 11) is 0. The van der Waals surface area contributed by atoms with Crippen LogP contribution in [0.4, 0.5) is 10.2 Å². The molecule has 0 spiro atoms. The number of halogens is 3. The van der Waals surface area contributed by atoms with Gasteiger partial charge in [-0.1, -0.05) is 27.5 Å². The monoisotopic (exact) mass is 339 g/mol. The highest BCUT2D eigenvalue weighted by molar-refractivity contribution is 9.10. The first-order valence-electron chi connectivity index (χ1n) is 5.45. The summed E-state index contributed by atoms with van der Waals surface area (Å²) in [4.78, 5) is 4.34. The summed E-state index contributed by atoms with van der Waals surface area (Å²) in [5.41, 5.74) is 7.41. The van der Waals surface area contributed by atoms with Crippen molar-refractivity contribution in [1.82, 2.24) is 9.38 Å². The largest absolute Gasteiger partial charge is 0.383 e. The van der Waals surface area contributed by atoms with Crippen LogP contribution in [0.1, 0.15) is 0 Å². The van der Waals surface area contributed by atoms with Crippen molar-refractivity contribution in [3.63, 3.8) is 0 Å². The van der Waals surface area contributed by atoms with E-state index in [2.05, 4.69) is 20.9 Å². The van der Waals surface area contributed by atoms with E-state index in [1.807, 2.05) is 0 Å². The molecule has 1 aromatic carbocycles. The fourth-order valence-corrected chi connectivity index (χ4v) is 2.41. The van der Waals surface area contributed by atoms with E-state index in [0.29, 0.717) is 32.2 Å². The molecule has 2 heterocycles. The summed E-state index contributed by atoms with van der Waals surface area (Å²) in [5.74, 6) is -0.0192. The number of pyridine rings is 1. The van der Waals surface area contributed by atoms with Gasteiger partial charge in [-0.15, -0.1) is 0 Å². The summed E-state index contributed by atoms with van der Waals surface area (Å²) < 4.78 is 16.3. The number of fused-ring (bicyclic) bond motifs is 1. The van der Waals surface area contributed by atoms with Gasteiger partial charge in [-0.3, -0.25) is 4.40 Å². The van der Waals surface area contributed by atoms with E-state index in [1.54, 1.807) is 34.9 Å². The maximum Gasteiger partial charge on any atom is 0.139 e. The minimum absolute atomic E-state index is 0.360. The molecule has 0 unspecified atom stereocenters. The minimum Gasteiger partial charge on any atom is -0.383 e. The Bertz CT molecular complexity index is 785. The number of aromatic nitrogens is 2. The molecule has 0 saturated heterocycles. The summed E-state index contributed by atoms with van der Waals surface area (Å²) in [5, 5.41) is 0.541. The zero-order valence-corrected chi connectivity index (χ0v) is 11.9. The fourth-order valence-electron chi connectivity index (χ4n) is 1.92. The third-order valence-corrected chi connectivity index (χ3v) is 3.52. The molecule has 0 bridgehead atoms. The van der Waals surface area contributed by atoms with Crippen molar-refractivity contribution >= 4 is 39.0 Å². The topological polar surface area (TPSA) is 43.3 Å². The first-order chi connectivity index (χ1) is 9.06. The van der Waals surface area contributed by atoms with Gasteiger partial charge >= 0.3 is 0 Å². The standard InChI is InChI=1S/C13H8BrClFN3/c14-7-1-3-9(10(16)5-7)12-13(17)19-6-8(15)2-4-11(19)18-12/h1-6H,17H2. The highest BCUT2D eigenvalue weighted by atomic mass is 79.9. The maximum absolute atomic E-state index is 14.0. The molecule has 0 aliphatic heterocycles. The van der Waals surface area contributed by atoms with Crippen LogP contribution < -0.4 is 5.73 Å². The molecule has 0 fully saturated rings. The van der Waals surface area contributed by atoms with Gasteiger partial charge in [0.25, 0.3) is 0 Å². The fraction of sp³-hybridized carbons (Fsp3) is 0. The third kappa shape index (κ3) is 2.09. The molecule has 3 nitrogen and oxygen atoms in total. The first-order valence-corrected chi connectivity index (χ1v) is 6.62. The number of rotatable bonds is 1. The molecule has 0 aliphatic carbocycles. The van der Waals surface area contributed by atoms with Gasteiger partial charge in [0.2, 0.25) is 0 Å². The number of hydrogen-bond acceptors (Lipinski definition) is 2. The average Bonchev–Trinajstić information content (AvgIpc) is 2.67. The van der Waals surface area contributed by atoms with Crippen molar-refractivity contribution in [3.8, 4) is 11.3 Å². The smallest absolute Gasteiger partial charge is 0.139 e. The van der Waals surface area contributed by atoms with Gasteiger partial charge in [-0.05, 0) is 30.3 Å². The molecule has 0 atom stereocenters. The number of nitrogen functional groups attached to an aromatic ring is 1. The number of anilines is 1. The molecule has 96 valence electrons. The van der Waals surface area contributed by atoms with Crippen LogP contribution in [0.5, 0.6) is 0 Å². The zero-order chi connectivity index (χ0) is 13.6. The van der Waals surface area contributed by atoms with Crippen LogP contribution in [0.15, 0.2) is 41.0 Å². The Morgan fingerprint density at radius 1 is 1.26 bits per heavy atom. The first kappa shape index (κ1) is 12.4. The van der Waals surface area contributed by atoms with Crippen molar-refractivity contribution < 1.29 is 4.39 Å². The van der Waals surface area contributed by atoms with Gasteiger partial charge in [0.05, 0.1) is 5.02 Å². The van der Waals surface area contributed by atoms with E-state index in [4.69, 9.17) is 17.3 Å².